The van der Waals surface area contributed by atoms with Crippen molar-refractivity contribution in [3.63, 3.8) is 0 Å². The van der Waals surface area contributed by atoms with Gasteiger partial charge in [-0.25, -0.2) is 0 Å². The lowest BCUT2D eigenvalue weighted by Crippen LogP contribution is -2.39. The monoisotopic (exact) mass is 358 g/mol. The second-order valence-electron chi connectivity index (χ2n) is 5.28. The van der Waals surface area contributed by atoms with Gasteiger partial charge in [-0.2, -0.15) is 11.3 Å². The molecule has 0 aliphatic heterocycles. The van der Waals surface area contributed by atoms with Crippen LogP contribution in [0.25, 0.3) is 0 Å². The van der Waals surface area contributed by atoms with Gasteiger partial charge in [-0.05, 0) is 60.6 Å². The molecule has 24 heavy (non-hydrogen) atoms. The molecule has 2 rings (SSSR count). The lowest BCUT2D eigenvalue weighted by atomic mass is 10.2. The summed E-state index contributed by atoms with van der Waals surface area (Å²) in [5, 5.41) is 6.66. The number of nitrogens with zero attached hydrogens (tertiary/aromatic N) is 1. The summed E-state index contributed by atoms with van der Waals surface area (Å²) in [6, 6.07) is 6.64. The van der Waals surface area contributed by atoms with Gasteiger partial charge in [0.2, 0.25) is 5.91 Å². The van der Waals surface area contributed by atoms with Gasteiger partial charge in [-0.15, -0.1) is 13.2 Å². The first-order valence-electron chi connectivity index (χ1n) is 7.12. The molecule has 4 nitrogen and oxygen atoms in total. The number of hydrogen-bond donors (Lipinski definition) is 1. The summed E-state index contributed by atoms with van der Waals surface area (Å²) in [4.78, 5) is 14.1. The predicted octanol–water partition coefficient (Wildman–Crippen LogP) is 4.11. The molecule has 0 fully saturated rings. The van der Waals surface area contributed by atoms with Crippen LogP contribution in [-0.4, -0.2) is 30.3 Å². The highest BCUT2D eigenvalue weighted by Crippen LogP contribution is 2.24. The fourth-order valence-corrected chi connectivity index (χ4v) is 2.65. The number of carbonyl (C=O) groups is 1. The van der Waals surface area contributed by atoms with Crippen molar-refractivity contribution in [3.8, 4) is 5.75 Å². The zero-order chi connectivity index (χ0) is 17.7. The van der Waals surface area contributed by atoms with Crippen LogP contribution in [0, 0.1) is 0 Å². The molecular formula is C16H17F3N2O2S. The summed E-state index contributed by atoms with van der Waals surface area (Å²) in [5.74, 6) is -0.569. The molecular weight excluding hydrogens is 341 g/mol. The molecule has 0 saturated heterocycles. The molecule has 130 valence electrons. The fraction of sp³-hybridized carbons (Fsp3) is 0.312. The Bertz CT molecular complexity index is 657. The van der Waals surface area contributed by atoms with E-state index < -0.39 is 12.4 Å². The minimum absolute atomic E-state index is 0.239. The quantitative estimate of drug-likeness (QED) is 0.845. The number of amides is 1. The number of anilines is 1. The molecule has 0 radical (unpaired) electrons. The van der Waals surface area contributed by atoms with E-state index in [4.69, 9.17) is 0 Å². The Labute approximate surface area is 141 Å². The van der Waals surface area contributed by atoms with Gasteiger partial charge >= 0.3 is 6.36 Å². The smallest absolute Gasteiger partial charge is 0.406 e. The number of nitrogens with one attached hydrogen (secondary N) is 1. The molecule has 1 atom stereocenters. The van der Waals surface area contributed by atoms with E-state index in [9.17, 15) is 18.0 Å². The largest absolute Gasteiger partial charge is 0.573 e. The first-order chi connectivity index (χ1) is 11.2. The molecule has 1 aromatic heterocycles. The number of ether oxygens (including phenoxy) is 1. The molecule has 1 unspecified atom stereocenters. The number of likely N-dealkylation sites (N-methyl/N-ethyl adjacent to an activating group) is 1. The second-order valence-corrected chi connectivity index (χ2v) is 6.06. The topological polar surface area (TPSA) is 41.6 Å². The molecule has 1 heterocycles. The third-order valence-electron chi connectivity index (χ3n) is 3.41. The molecule has 0 aliphatic carbocycles. The molecule has 0 bridgehead atoms. The lowest BCUT2D eigenvalue weighted by molar-refractivity contribution is -0.274. The van der Waals surface area contributed by atoms with E-state index in [0.717, 1.165) is 17.7 Å². The van der Waals surface area contributed by atoms with E-state index in [1.807, 2.05) is 28.8 Å². The van der Waals surface area contributed by atoms with Gasteiger partial charge in [0.25, 0.3) is 0 Å². The van der Waals surface area contributed by atoms with Crippen LogP contribution in [0.2, 0.25) is 0 Å². The van der Waals surface area contributed by atoms with Crippen LogP contribution in [0.1, 0.15) is 12.5 Å². The SMILES string of the molecule is CC(C(=O)Nc1ccc(OC(F)(F)F)cc1)N(C)Cc1ccsc1. The van der Waals surface area contributed by atoms with E-state index >= 15 is 0 Å². The third kappa shape index (κ3) is 5.54. The number of hydrogen-bond acceptors (Lipinski definition) is 4. The van der Waals surface area contributed by atoms with Gasteiger partial charge in [-0.1, -0.05) is 0 Å². The standard InChI is InChI=1S/C16H17F3N2O2S/c1-11(21(2)9-12-7-8-24-10-12)15(22)20-13-3-5-14(6-4-13)23-16(17,18)19/h3-8,10-11H,9H2,1-2H3,(H,20,22). The summed E-state index contributed by atoms with van der Waals surface area (Å²) >= 11 is 1.59. The Morgan fingerprint density at radius 3 is 2.50 bits per heavy atom. The van der Waals surface area contributed by atoms with Gasteiger partial charge in [0.1, 0.15) is 5.75 Å². The van der Waals surface area contributed by atoms with E-state index in [1.54, 1.807) is 18.3 Å². The molecule has 0 saturated carbocycles. The number of halogens is 3. The van der Waals surface area contributed by atoms with E-state index in [1.165, 1.54) is 12.1 Å². The van der Waals surface area contributed by atoms with Crippen LogP contribution < -0.4 is 10.1 Å². The van der Waals surface area contributed by atoms with Crippen molar-refractivity contribution < 1.29 is 22.7 Å². The zero-order valence-corrected chi connectivity index (χ0v) is 13.9. The molecule has 2 aromatic rings. The van der Waals surface area contributed by atoms with E-state index in [-0.39, 0.29) is 11.7 Å². The van der Waals surface area contributed by atoms with E-state index in [2.05, 4.69) is 10.1 Å². The van der Waals surface area contributed by atoms with Crippen LogP contribution in [0.15, 0.2) is 41.1 Å². The Morgan fingerprint density at radius 1 is 1.29 bits per heavy atom. The van der Waals surface area contributed by atoms with Crippen LogP contribution in [0.5, 0.6) is 5.75 Å². The number of thiophene rings is 1. The maximum absolute atomic E-state index is 12.2. The van der Waals surface area contributed by atoms with Gasteiger partial charge < -0.3 is 10.1 Å². The Morgan fingerprint density at radius 2 is 1.96 bits per heavy atom. The van der Waals surface area contributed by atoms with Crippen LogP contribution in [-0.2, 0) is 11.3 Å². The van der Waals surface area contributed by atoms with Crippen molar-refractivity contribution in [2.45, 2.75) is 25.9 Å². The van der Waals surface area contributed by atoms with Gasteiger partial charge in [-0.3, -0.25) is 9.69 Å². The molecule has 8 heteroatoms. The van der Waals surface area contributed by atoms with Crippen LogP contribution in [0.3, 0.4) is 0 Å². The lowest BCUT2D eigenvalue weighted by Gasteiger charge is -2.23. The summed E-state index contributed by atoms with van der Waals surface area (Å²) in [6.45, 7) is 2.40. The van der Waals surface area contributed by atoms with Crippen molar-refractivity contribution in [3.05, 3.63) is 46.7 Å². The first kappa shape index (κ1) is 18.3. The van der Waals surface area contributed by atoms with Crippen LogP contribution in [0.4, 0.5) is 18.9 Å². The Balaban J connectivity index is 1.91. The fourth-order valence-electron chi connectivity index (χ4n) is 1.99. The molecule has 0 spiro atoms. The van der Waals surface area contributed by atoms with Crippen molar-refractivity contribution >= 4 is 22.9 Å². The van der Waals surface area contributed by atoms with Crippen molar-refractivity contribution in [2.24, 2.45) is 0 Å². The summed E-state index contributed by atoms with van der Waals surface area (Å²) in [7, 11) is 1.84. The molecule has 1 amide bonds. The average Bonchev–Trinajstić information content (AvgIpc) is 2.99. The van der Waals surface area contributed by atoms with Gasteiger partial charge in [0, 0.05) is 12.2 Å². The molecule has 1 aromatic carbocycles. The number of alkyl halides is 3. The highest BCUT2D eigenvalue weighted by atomic mass is 32.1. The third-order valence-corrected chi connectivity index (χ3v) is 4.14. The minimum atomic E-state index is -4.73. The van der Waals surface area contributed by atoms with Crippen molar-refractivity contribution in [1.29, 1.82) is 0 Å². The summed E-state index contributed by atoms with van der Waals surface area (Å²) < 4.78 is 40.1. The highest BCUT2D eigenvalue weighted by Gasteiger charge is 2.31. The van der Waals surface area contributed by atoms with Crippen LogP contribution >= 0.6 is 11.3 Å². The molecule has 1 N–H and O–H groups in total. The van der Waals surface area contributed by atoms with Gasteiger partial charge in [0.15, 0.2) is 0 Å². The number of benzene rings is 1. The summed E-state index contributed by atoms with van der Waals surface area (Å²) in [6.07, 6.45) is -4.73. The van der Waals surface area contributed by atoms with Crippen molar-refractivity contribution in [2.75, 3.05) is 12.4 Å². The minimum Gasteiger partial charge on any atom is -0.406 e. The number of rotatable bonds is 6. The predicted molar refractivity (Wildman–Crippen MR) is 87.0 cm³/mol. The highest BCUT2D eigenvalue weighted by molar-refractivity contribution is 7.07. The average molecular weight is 358 g/mol. The maximum Gasteiger partial charge on any atom is 0.573 e. The first-order valence-corrected chi connectivity index (χ1v) is 8.07. The molecule has 0 aliphatic rings. The van der Waals surface area contributed by atoms with Gasteiger partial charge in [0.05, 0.1) is 6.04 Å². The normalized spacial score (nSPS) is 12.9. The Kier molecular flexibility index (Phi) is 5.84. The Hall–Kier alpha value is -2.06. The summed E-state index contributed by atoms with van der Waals surface area (Å²) in [5.41, 5.74) is 1.53. The zero-order valence-electron chi connectivity index (χ0n) is 13.1. The second kappa shape index (κ2) is 7.67. The van der Waals surface area contributed by atoms with Crippen molar-refractivity contribution in [1.82, 2.24) is 4.90 Å². The maximum atomic E-state index is 12.2. The van der Waals surface area contributed by atoms with E-state index in [0.29, 0.717) is 12.2 Å². The number of carbonyl (C=O) groups excluding carboxylic acids is 1.